The predicted octanol–water partition coefficient (Wildman–Crippen LogP) is 5.24. The lowest BCUT2D eigenvalue weighted by atomic mass is 9.91. The molecule has 1 unspecified atom stereocenters. The lowest BCUT2D eigenvalue weighted by Gasteiger charge is -2.22. The molecule has 0 saturated carbocycles. The number of carbonyl (C=O) groups is 2. The summed E-state index contributed by atoms with van der Waals surface area (Å²) in [5.41, 5.74) is 2.10. The van der Waals surface area contributed by atoms with E-state index >= 15 is 0 Å². The highest BCUT2D eigenvalue weighted by Gasteiger charge is 2.31. The monoisotopic (exact) mass is 407 g/mol. The van der Waals surface area contributed by atoms with Crippen LogP contribution in [0.3, 0.4) is 0 Å². The van der Waals surface area contributed by atoms with Gasteiger partial charge >= 0.3 is 12.1 Å². The molecular weight excluding hydrogens is 383 g/mol. The number of carboxylic acid groups (broad SMARTS) is 1. The van der Waals surface area contributed by atoms with Crippen molar-refractivity contribution in [2.45, 2.75) is 46.3 Å². The van der Waals surface area contributed by atoms with E-state index in [0.29, 0.717) is 28.8 Å². The number of rotatable bonds is 6. The van der Waals surface area contributed by atoms with Gasteiger partial charge in [-0.05, 0) is 55.2 Å². The zero-order valence-electron chi connectivity index (χ0n) is 16.8. The third-order valence-corrected chi connectivity index (χ3v) is 4.90. The Bertz CT molecular complexity index is 922. The minimum atomic E-state index is -4.50. The quantitative estimate of drug-likeness (QED) is 0.713. The summed E-state index contributed by atoms with van der Waals surface area (Å²) in [6, 6.07) is 8.68. The second-order valence-electron chi connectivity index (χ2n) is 7.10. The first-order valence-electron chi connectivity index (χ1n) is 9.24. The lowest BCUT2D eigenvalue weighted by Crippen LogP contribution is -2.28. The Morgan fingerprint density at radius 3 is 2.31 bits per heavy atom. The highest BCUT2D eigenvalue weighted by molar-refractivity contribution is 5.78. The van der Waals surface area contributed by atoms with Gasteiger partial charge in [-0.3, -0.25) is 9.59 Å². The molecule has 2 aromatic carbocycles. The van der Waals surface area contributed by atoms with Gasteiger partial charge in [0.2, 0.25) is 5.91 Å². The molecule has 2 aromatic rings. The second kappa shape index (κ2) is 8.68. The molecule has 0 aliphatic heterocycles. The molecule has 0 radical (unpaired) electrons. The molecule has 4 nitrogen and oxygen atoms in total. The fraction of sp³-hybridized carbons (Fsp3) is 0.364. The number of alkyl halides is 3. The van der Waals surface area contributed by atoms with Crippen molar-refractivity contribution in [3.8, 4) is 11.1 Å². The molecule has 29 heavy (non-hydrogen) atoms. The summed E-state index contributed by atoms with van der Waals surface area (Å²) in [5.74, 6) is -1.97. The summed E-state index contributed by atoms with van der Waals surface area (Å²) < 4.78 is 39.8. The molecule has 0 saturated heterocycles. The van der Waals surface area contributed by atoms with Crippen LogP contribution in [0.25, 0.3) is 11.1 Å². The van der Waals surface area contributed by atoms with Crippen molar-refractivity contribution >= 4 is 11.9 Å². The first-order chi connectivity index (χ1) is 13.4. The minimum absolute atomic E-state index is 0.0306. The topological polar surface area (TPSA) is 57.6 Å². The van der Waals surface area contributed by atoms with Gasteiger partial charge in [0.25, 0.3) is 0 Å². The van der Waals surface area contributed by atoms with Crippen LogP contribution in [0, 0.1) is 6.92 Å². The molecule has 0 heterocycles. The molecule has 0 spiro atoms. The number of halogens is 3. The predicted molar refractivity (Wildman–Crippen MR) is 104 cm³/mol. The maximum absolute atomic E-state index is 13.3. The summed E-state index contributed by atoms with van der Waals surface area (Å²) in [4.78, 5) is 24.6. The molecule has 156 valence electrons. The van der Waals surface area contributed by atoms with E-state index in [1.54, 1.807) is 39.0 Å². The van der Waals surface area contributed by atoms with Crippen molar-refractivity contribution in [3.05, 3.63) is 58.7 Å². The Morgan fingerprint density at radius 2 is 1.79 bits per heavy atom. The van der Waals surface area contributed by atoms with E-state index in [2.05, 4.69) is 0 Å². The van der Waals surface area contributed by atoms with Crippen LogP contribution >= 0.6 is 0 Å². The smallest absolute Gasteiger partial charge is 0.416 e. The second-order valence-corrected chi connectivity index (χ2v) is 7.10. The van der Waals surface area contributed by atoms with E-state index in [1.165, 1.54) is 17.9 Å². The molecule has 1 amide bonds. The number of amides is 1. The summed E-state index contributed by atoms with van der Waals surface area (Å²) in [6.07, 6.45) is -4.50. The van der Waals surface area contributed by atoms with E-state index in [0.717, 1.165) is 17.7 Å². The Morgan fingerprint density at radius 1 is 1.14 bits per heavy atom. The van der Waals surface area contributed by atoms with Crippen LogP contribution < -0.4 is 0 Å². The molecule has 1 atom stereocenters. The summed E-state index contributed by atoms with van der Waals surface area (Å²) in [5, 5.41) is 9.31. The lowest BCUT2D eigenvalue weighted by molar-refractivity contribution is -0.139. The van der Waals surface area contributed by atoms with Crippen molar-refractivity contribution in [1.29, 1.82) is 0 Å². The van der Waals surface area contributed by atoms with Gasteiger partial charge in [0, 0.05) is 20.0 Å². The standard InChI is InChI=1S/C22H24F3NO3/c1-5-26(15(4)27)12-18-11-19(22(23,24)25)6-7-20(18)17-9-13(2)8-16(10-17)14(3)21(28)29/h6-11,14H,5,12H2,1-4H3,(H,28,29). The van der Waals surface area contributed by atoms with Crippen molar-refractivity contribution in [2.24, 2.45) is 0 Å². The normalized spacial score (nSPS) is 12.5. The first-order valence-corrected chi connectivity index (χ1v) is 9.24. The molecule has 0 fully saturated rings. The van der Waals surface area contributed by atoms with E-state index in [4.69, 9.17) is 0 Å². The Labute approximate surface area is 168 Å². The van der Waals surface area contributed by atoms with Crippen LogP contribution in [0.15, 0.2) is 36.4 Å². The summed E-state index contributed by atoms with van der Waals surface area (Å²) in [7, 11) is 0. The third-order valence-electron chi connectivity index (χ3n) is 4.90. The van der Waals surface area contributed by atoms with Gasteiger partial charge in [-0.25, -0.2) is 0 Å². The van der Waals surface area contributed by atoms with Gasteiger partial charge in [0.15, 0.2) is 0 Å². The van der Waals surface area contributed by atoms with E-state index < -0.39 is 23.6 Å². The molecule has 0 bridgehead atoms. The zero-order chi connectivity index (χ0) is 21.9. The molecule has 2 rings (SSSR count). The van der Waals surface area contributed by atoms with Crippen LogP contribution in [-0.4, -0.2) is 28.4 Å². The molecule has 0 aromatic heterocycles. The van der Waals surface area contributed by atoms with Gasteiger partial charge < -0.3 is 10.0 Å². The van der Waals surface area contributed by atoms with Crippen LogP contribution in [0.1, 0.15) is 48.9 Å². The third kappa shape index (κ3) is 5.37. The van der Waals surface area contributed by atoms with E-state index in [-0.39, 0.29) is 12.5 Å². The van der Waals surface area contributed by atoms with Crippen LogP contribution in [-0.2, 0) is 22.3 Å². The summed E-state index contributed by atoms with van der Waals surface area (Å²) >= 11 is 0. The van der Waals surface area contributed by atoms with Gasteiger partial charge in [0.05, 0.1) is 11.5 Å². The highest BCUT2D eigenvalue weighted by Crippen LogP contribution is 2.35. The van der Waals surface area contributed by atoms with Crippen LogP contribution in [0.4, 0.5) is 13.2 Å². The zero-order valence-corrected chi connectivity index (χ0v) is 16.8. The summed E-state index contributed by atoms with van der Waals surface area (Å²) in [6.45, 7) is 6.88. The Hall–Kier alpha value is -2.83. The van der Waals surface area contributed by atoms with E-state index in [1.807, 2.05) is 0 Å². The maximum atomic E-state index is 13.3. The number of benzene rings is 2. The number of carboxylic acids is 1. The molecule has 0 aliphatic rings. The maximum Gasteiger partial charge on any atom is 0.416 e. The van der Waals surface area contributed by atoms with Gasteiger partial charge in [-0.15, -0.1) is 0 Å². The number of hydrogen-bond donors (Lipinski definition) is 1. The van der Waals surface area contributed by atoms with Crippen LogP contribution in [0.5, 0.6) is 0 Å². The average Bonchev–Trinajstić information content (AvgIpc) is 2.63. The minimum Gasteiger partial charge on any atom is -0.481 e. The molecule has 7 heteroatoms. The Kier molecular flexibility index (Phi) is 6.72. The largest absolute Gasteiger partial charge is 0.481 e. The fourth-order valence-corrected chi connectivity index (χ4v) is 3.19. The number of carbonyl (C=O) groups excluding carboxylic acids is 1. The van der Waals surface area contributed by atoms with Crippen molar-refractivity contribution in [1.82, 2.24) is 4.90 Å². The van der Waals surface area contributed by atoms with Crippen molar-refractivity contribution < 1.29 is 27.9 Å². The first kappa shape index (κ1) is 22.5. The molecule has 0 aliphatic carbocycles. The number of aryl methyl sites for hydroxylation is 1. The number of aliphatic carboxylic acids is 1. The van der Waals surface area contributed by atoms with Crippen molar-refractivity contribution in [2.75, 3.05) is 6.54 Å². The van der Waals surface area contributed by atoms with Gasteiger partial charge in [-0.2, -0.15) is 13.2 Å². The molecular formula is C22H24F3NO3. The SMILES string of the molecule is CCN(Cc1cc(C(F)(F)F)ccc1-c1cc(C)cc(C(C)C(=O)O)c1)C(C)=O. The number of nitrogens with zero attached hydrogens (tertiary/aromatic N) is 1. The molecule has 1 N–H and O–H groups in total. The van der Waals surface area contributed by atoms with Gasteiger partial charge in [0.1, 0.15) is 0 Å². The fourth-order valence-electron chi connectivity index (χ4n) is 3.19. The van der Waals surface area contributed by atoms with E-state index in [9.17, 15) is 27.9 Å². The van der Waals surface area contributed by atoms with Crippen LogP contribution in [0.2, 0.25) is 0 Å². The highest BCUT2D eigenvalue weighted by atomic mass is 19.4. The van der Waals surface area contributed by atoms with Crippen molar-refractivity contribution in [3.63, 3.8) is 0 Å². The number of hydrogen-bond acceptors (Lipinski definition) is 2. The van der Waals surface area contributed by atoms with Gasteiger partial charge in [-0.1, -0.05) is 29.8 Å². The Balaban J connectivity index is 2.65. The average molecular weight is 407 g/mol.